The first kappa shape index (κ1) is 82.1. The molecule has 0 aliphatic rings. The molecule has 0 aromatic rings. The summed E-state index contributed by atoms with van der Waals surface area (Å²) in [6.07, 6.45) is 35.0. The lowest BCUT2D eigenvalue weighted by Crippen LogP contribution is -2.30. The van der Waals surface area contributed by atoms with E-state index in [2.05, 4.69) is 55.4 Å². The van der Waals surface area contributed by atoms with Crippen molar-refractivity contribution in [1.29, 1.82) is 0 Å². The van der Waals surface area contributed by atoms with Crippen LogP contribution in [-0.4, -0.2) is 96.7 Å². The molecule has 0 spiro atoms. The quantitative estimate of drug-likeness (QED) is 0.0222. The van der Waals surface area contributed by atoms with Crippen molar-refractivity contribution in [3.63, 3.8) is 0 Å². The van der Waals surface area contributed by atoms with Crippen molar-refractivity contribution < 1.29 is 80.2 Å². The molecule has 0 saturated carbocycles. The Morgan fingerprint density at radius 1 is 0.333 bits per heavy atom. The number of carbonyl (C=O) groups is 4. The van der Waals surface area contributed by atoms with E-state index in [1.165, 1.54) is 109 Å². The number of carbonyl (C=O) groups excluding carboxylic acids is 4. The molecular weight excluding hydrogens is 1110 g/mol. The number of aliphatic hydroxyl groups is 1. The highest BCUT2D eigenvalue weighted by molar-refractivity contribution is 7.47. The maximum absolute atomic E-state index is 13.0. The molecule has 498 valence electrons. The molecule has 0 bridgehead atoms. The van der Waals surface area contributed by atoms with Gasteiger partial charge in [-0.1, -0.05) is 261 Å². The molecule has 0 rings (SSSR count). The Bertz CT molecular complexity index is 1680. The SMILES string of the molecule is CCC(C)CCCCCCCCC(=O)OC[C@H](COP(=O)(O)OC[C@H](O)COP(=O)(O)OC[C@@H](COC(=O)CCCCCCCCCCCC(C)C)OC(=O)CCCCCCCCC(C)C)OC(=O)CCCCCCCCCCCCC(C)C. The van der Waals surface area contributed by atoms with Crippen LogP contribution < -0.4 is 0 Å². The zero-order valence-electron chi connectivity index (χ0n) is 54.5. The van der Waals surface area contributed by atoms with Crippen LogP contribution in [0.5, 0.6) is 0 Å². The van der Waals surface area contributed by atoms with Crippen LogP contribution in [0.4, 0.5) is 0 Å². The number of esters is 4. The number of unbranched alkanes of at least 4 members (excludes halogenated alkanes) is 27. The first-order valence-corrected chi connectivity index (χ1v) is 36.7. The number of rotatable bonds is 62. The molecular formula is C65H126O17P2. The summed E-state index contributed by atoms with van der Waals surface area (Å²) in [4.78, 5) is 72.2. The van der Waals surface area contributed by atoms with E-state index in [1.54, 1.807) is 0 Å². The molecule has 0 saturated heterocycles. The van der Waals surface area contributed by atoms with Crippen molar-refractivity contribution in [3.05, 3.63) is 0 Å². The van der Waals surface area contributed by atoms with Gasteiger partial charge in [0.25, 0.3) is 0 Å². The highest BCUT2D eigenvalue weighted by Crippen LogP contribution is 2.45. The third-order valence-electron chi connectivity index (χ3n) is 15.2. The van der Waals surface area contributed by atoms with Crippen LogP contribution in [0.3, 0.4) is 0 Å². The lowest BCUT2D eigenvalue weighted by molar-refractivity contribution is -0.161. The predicted molar refractivity (Wildman–Crippen MR) is 335 cm³/mol. The summed E-state index contributed by atoms with van der Waals surface area (Å²) >= 11 is 0. The number of ether oxygens (including phenoxy) is 4. The topological polar surface area (TPSA) is 237 Å². The Balaban J connectivity index is 5.24. The molecule has 0 aliphatic carbocycles. The van der Waals surface area contributed by atoms with Crippen molar-refractivity contribution in [2.45, 2.75) is 331 Å². The third kappa shape index (κ3) is 57.8. The third-order valence-corrected chi connectivity index (χ3v) is 17.1. The maximum atomic E-state index is 13.0. The summed E-state index contributed by atoms with van der Waals surface area (Å²) in [6.45, 7) is 13.9. The minimum absolute atomic E-state index is 0.101. The van der Waals surface area contributed by atoms with E-state index >= 15 is 0 Å². The van der Waals surface area contributed by atoms with Gasteiger partial charge in [-0.15, -0.1) is 0 Å². The summed E-state index contributed by atoms with van der Waals surface area (Å²) in [5, 5.41) is 10.5. The second kappa shape index (κ2) is 55.2. The number of hydrogen-bond donors (Lipinski definition) is 3. The largest absolute Gasteiger partial charge is 0.472 e. The number of phosphoric acid groups is 2. The van der Waals surface area contributed by atoms with Crippen molar-refractivity contribution in [3.8, 4) is 0 Å². The van der Waals surface area contributed by atoms with Crippen molar-refractivity contribution in [2.24, 2.45) is 23.7 Å². The molecule has 6 atom stereocenters. The lowest BCUT2D eigenvalue weighted by Gasteiger charge is -2.21. The van der Waals surface area contributed by atoms with Gasteiger partial charge in [-0.2, -0.15) is 0 Å². The molecule has 0 amide bonds. The van der Waals surface area contributed by atoms with Crippen LogP contribution in [0.15, 0.2) is 0 Å². The van der Waals surface area contributed by atoms with Gasteiger partial charge < -0.3 is 33.8 Å². The van der Waals surface area contributed by atoms with Crippen molar-refractivity contribution >= 4 is 39.5 Å². The molecule has 0 aromatic carbocycles. The normalized spacial score (nSPS) is 14.7. The minimum atomic E-state index is -4.95. The van der Waals surface area contributed by atoms with E-state index in [4.69, 9.17) is 37.0 Å². The highest BCUT2D eigenvalue weighted by Gasteiger charge is 2.30. The van der Waals surface area contributed by atoms with Gasteiger partial charge in [-0.3, -0.25) is 37.3 Å². The van der Waals surface area contributed by atoms with E-state index in [0.29, 0.717) is 31.6 Å². The van der Waals surface area contributed by atoms with Crippen LogP contribution in [0.1, 0.15) is 312 Å². The Morgan fingerprint density at radius 2 is 0.571 bits per heavy atom. The van der Waals surface area contributed by atoms with Gasteiger partial charge >= 0.3 is 39.5 Å². The number of aliphatic hydroxyl groups excluding tert-OH is 1. The summed E-state index contributed by atoms with van der Waals surface area (Å²) in [5.41, 5.74) is 0. The fourth-order valence-electron chi connectivity index (χ4n) is 9.57. The summed E-state index contributed by atoms with van der Waals surface area (Å²) in [6, 6.07) is 0. The highest BCUT2D eigenvalue weighted by atomic mass is 31.2. The van der Waals surface area contributed by atoms with Gasteiger partial charge in [0, 0.05) is 25.7 Å². The van der Waals surface area contributed by atoms with E-state index in [1.807, 2.05) is 0 Å². The molecule has 0 heterocycles. The number of phosphoric ester groups is 2. The second-order valence-electron chi connectivity index (χ2n) is 25.2. The molecule has 0 aliphatic heterocycles. The number of hydrogen-bond acceptors (Lipinski definition) is 15. The van der Waals surface area contributed by atoms with Crippen molar-refractivity contribution in [2.75, 3.05) is 39.6 Å². The van der Waals surface area contributed by atoms with Gasteiger partial charge in [0.15, 0.2) is 12.2 Å². The van der Waals surface area contributed by atoms with Crippen LogP contribution in [0.2, 0.25) is 0 Å². The van der Waals surface area contributed by atoms with E-state index in [0.717, 1.165) is 114 Å². The first-order valence-electron chi connectivity index (χ1n) is 33.7. The zero-order valence-corrected chi connectivity index (χ0v) is 56.3. The predicted octanol–water partition coefficient (Wildman–Crippen LogP) is 17.8. The zero-order chi connectivity index (χ0) is 62.5. The van der Waals surface area contributed by atoms with Gasteiger partial charge in [0.2, 0.25) is 0 Å². The monoisotopic (exact) mass is 1240 g/mol. The second-order valence-corrected chi connectivity index (χ2v) is 28.1. The van der Waals surface area contributed by atoms with Gasteiger partial charge in [0.1, 0.15) is 19.3 Å². The van der Waals surface area contributed by atoms with Crippen LogP contribution >= 0.6 is 15.6 Å². The van der Waals surface area contributed by atoms with Crippen molar-refractivity contribution in [1.82, 2.24) is 0 Å². The molecule has 19 heteroatoms. The summed E-state index contributed by atoms with van der Waals surface area (Å²) < 4.78 is 68.0. The van der Waals surface area contributed by atoms with E-state index < -0.39 is 97.5 Å². The molecule has 17 nitrogen and oxygen atoms in total. The summed E-state index contributed by atoms with van der Waals surface area (Å²) in [7, 11) is -9.89. The fraction of sp³-hybridized carbons (Fsp3) is 0.938. The molecule has 0 fully saturated rings. The molecule has 0 radical (unpaired) electrons. The lowest BCUT2D eigenvalue weighted by atomic mass is 10.00. The van der Waals surface area contributed by atoms with Crippen LogP contribution in [0.25, 0.3) is 0 Å². The van der Waals surface area contributed by atoms with Gasteiger partial charge in [-0.25, -0.2) is 9.13 Å². The maximum Gasteiger partial charge on any atom is 0.472 e. The minimum Gasteiger partial charge on any atom is -0.462 e. The van der Waals surface area contributed by atoms with Crippen LogP contribution in [0, 0.1) is 23.7 Å². The smallest absolute Gasteiger partial charge is 0.462 e. The Hall–Kier alpha value is -1.94. The van der Waals surface area contributed by atoms with E-state index in [-0.39, 0.29) is 25.7 Å². The Morgan fingerprint density at radius 3 is 0.845 bits per heavy atom. The van der Waals surface area contributed by atoms with Gasteiger partial charge in [0.05, 0.1) is 26.4 Å². The molecule has 0 aromatic heterocycles. The average molecular weight is 1240 g/mol. The standard InChI is InChI=1S/C65H126O17P2/c1-9-58(8)44-36-28-22-24-30-38-46-63(68)76-52-60(81-64(69)47-39-31-20-15-11-10-13-17-25-33-41-55(2)3)53-79-83(71,72)77-49-59(66)50-78-84(73,74)80-54-61(82-65(70)48-40-32-23-21-27-35-43-57(6)7)51-75-62(67)45-37-29-19-16-12-14-18-26-34-42-56(4)5/h55-61,66H,9-54H2,1-8H3,(H,71,72)(H,73,74)/t58?,59-,60+,61+/m0/s1. The van der Waals surface area contributed by atoms with Gasteiger partial charge in [-0.05, 0) is 49.4 Å². The van der Waals surface area contributed by atoms with Crippen LogP contribution in [-0.2, 0) is 65.4 Å². The average Bonchev–Trinajstić information content (AvgIpc) is 3.44. The fourth-order valence-corrected chi connectivity index (χ4v) is 11.2. The molecule has 84 heavy (non-hydrogen) atoms. The Labute approximate surface area is 511 Å². The molecule has 3 unspecified atom stereocenters. The molecule has 3 N–H and O–H groups in total. The Kier molecular flexibility index (Phi) is 53.9. The first-order chi connectivity index (χ1) is 40.1. The van der Waals surface area contributed by atoms with E-state index in [9.17, 15) is 43.2 Å². The summed E-state index contributed by atoms with van der Waals surface area (Å²) in [5.74, 6) is 0.754.